The van der Waals surface area contributed by atoms with Crippen LogP contribution in [0.25, 0.3) is 0 Å². The molecule has 0 bridgehead atoms. The maximum Gasteiger partial charge on any atom is 0.375 e. The number of aromatic carboxylic acids is 1. The van der Waals surface area contributed by atoms with Gasteiger partial charge in [0.1, 0.15) is 5.82 Å². The van der Waals surface area contributed by atoms with E-state index in [2.05, 4.69) is 5.32 Å². The molecule has 0 heterocycles. The minimum Gasteiger partial charge on any atom is -0.499 e. The summed E-state index contributed by atoms with van der Waals surface area (Å²) in [5, 5.41) is 42.9. The van der Waals surface area contributed by atoms with E-state index in [-0.39, 0.29) is 11.3 Å². The van der Waals surface area contributed by atoms with E-state index in [9.17, 15) is 23.6 Å². The molecule has 1 amide bonds. The summed E-state index contributed by atoms with van der Waals surface area (Å²) in [6.45, 7) is 1.24. The van der Waals surface area contributed by atoms with Gasteiger partial charge in [-0.3, -0.25) is 4.79 Å². The van der Waals surface area contributed by atoms with Gasteiger partial charge in [0.15, 0.2) is 0 Å². The first-order valence-electron chi connectivity index (χ1n) is 5.86. The zero-order valence-electron chi connectivity index (χ0n) is 12.0. The molecule has 10 nitrogen and oxygen atoms in total. The Morgan fingerprint density at radius 1 is 0.917 bits per heavy atom. The molecule has 24 heavy (non-hydrogen) atoms. The van der Waals surface area contributed by atoms with Crippen molar-refractivity contribution in [2.75, 3.05) is 5.32 Å². The molecule has 1 aromatic carbocycles. The number of aliphatic hydroxyl groups is 2. The van der Waals surface area contributed by atoms with Gasteiger partial charge in [-0.15, -0.1) is 0 Å². The van der Waals surface area contributed by atoms with Gasteiger partial charge in [-0.25, -0.2) is 18.8 Å². The number of nitrogens with one attached hydrogen (secondary N) is 1. The summed E-state index contributed by atoms with van der Waals surface area (Å²) in [5.74, 6) is -9.31. The third-order valence-corrected chi connectivity index (χ3v) is 2.16. The standard InChI is InChI=1S/C9H8FNO3.C4H4O6/c1-5(12)11-8-3-2-6(9(13)14)4-7(8)10;5-1(3(7)8)2(6)4(9)10/h2-4H,1H3,(H,11,12)(H,13,14);5-6H,(H,7,8)(H,9,10)/b;2-1+. The van der Waals surface area contributed by atoms with E-state index < -0.39 is 41.2 Å². The minimum absolute atomic E-state index is 0.0255. The largest absolute Gasteiger partial charge is 0.499 e. The fraction of sp³-hybridized carbons (Fsp3) is 0.0769. The van der Waals surface area contributed by atoms with Gasteiger partial charge in [-0.2, -0.15) is 0 Å². The van der Waals surface area contributed by atoms with Gasteiger partial charge >= 0.3 is 17.9 Å². The Balaban J connectivity index is 0.000000470. The molecule has 11 heteroatoms. The van der Waals surface area contributed by atoms with Crippen LogP contribution < -0.4 is 5.32 Å². The lowest BCUT2D eigenvalue weighted by Gasteiger charge is -2.03. The Labute approximate surface area is 133 Å². The maximum absolute atomic E-state index is 13.1. The Hall–Kier alpha value is -3.63. The van der Waals surface area contributed by atoms with Crippen LogP contribution in [0, 0.1) is 5.82 Å². The van der Waals surface area contributed by atoms with Crippen molar-refractivity contribution in [3.8, 4) is 0 Å². The molecule has 1 aromatic rings. The molecule has 0 atom stereocenters. The van der Waals surface area contributed by atoms with Gasteiger partial charge in [-0.05, 0) is 18.2 Å². The second kappa shape index (κ2) is 8.73. The molecular weight excluding hydrogens is 333 g/mol. The number of anilines is 1. The van der Waals surface area contributed by atoms with Crippen molar-refractivity contribution in [2.24, 2.45) is 0 Å². The second-order valence-electron chi connectivity index (χ2n) is 3.99. The summed E-state index contributed by atoms with van der Waals surface area (Å²) < 4.78 is 13.1. The van der Waals surface area contributed by atoms with Crippen LogP contribution in [0.1, 0.15) is 17.3 Å². The first-order chi connectivity index (χ1) is 11.0. The first kappa shape index (κ1) is 20.4. The first-order valence-corrected chi connectivity index (χ1v) is 5.86. The number of carbonyl (C=O) groups is 4. The Kier molecular flexibility index (Phi) is 7.41. The van der Waals surface area contributed by atoms with Gasteiger partial charge in [0.25, 0.3) is 11.5 Å². The van der Waals surface area contributed by atoms with E-state index in [1.807, 2.05) is 0 Å². The van der Waals surface area contributed by atoms with E-state index in [0.717, 1.165) is 6.07 Å². The SMILES string of the molecule is CC(=O)Nc1ccc(C(=O)O)cc1F.O=C(O)/C(O)=C(\O)C(=O)O. The highest BCUT2D eigenvalue weighted by Gasteiger charge is 2.17. The van der Waals surface area contributed by atoms with E-state index in [4.69, 9.17) is 25.5 Å². The highest BCUT2D eigenvalue weighted by molar-refractivity contribution is 5.95. The number of carboxylic acids is 3. The molecule has 0 spiro atoms. The molecule has 0 unspecified atom stereocenters. The van der Waals surface area contributed by atoms with Crippen LogP contribution in [-0.4, -0.2) is 49.3 Å². The topological polar surface area (TPSA) is 181 Å². The third kappa shape index (κ3) is 6.43. The summed E-state index contributed by atoms with van der Waals surface area (Å²) in [6.07, 6.45) is 0. The number of hydrogen-bond donors (Lipinski definition) is 6. The van der Waals surface area contributed by atoms with Crippen molar-refractivity contribution in [3.05, 3.63) is 41.1 Å². The van der Waals surface area contributed by atoms with Crippen LogP contribution in [0.15, 0.2) is 29.7 Å². The van der Waals surface area contributed by atoms with E-state index in [0.29, 0.717) is 0 Å². The third-order valence-electron chi connectivity index (χ3n) is 2.16. The lowest BCUT2D eigenvalue weighted by molar-refractivity contribution is -0.140. The Morgan fingerprint density at radius 3 is 1.67 bits per heavy atom. The van der Waals surface area contributed by atoms with Crippen molar-refractivity contribution in [1.29, 1.82) is 0 Å². The summed E-state index contributed by atoms with van der Waals surface area (Å²) >= 11 is 0. The van der Waals surface area contributed by atoms with E-state index >= 15 is 0 Å². The second-order valence-corrected chi connectivity index (χ2v) is 3.99. The molecule has 0 aliphatic rings. The van der Waals surface area contributed by atoms with Crippen molar-refractivity contribution < 1.29 is 49.1 Å². The average molecular weight is 345 g/mol. The summed E-state index contributed by atoms with van der Waals surface area (Å²) in [6, 6.07) is 3.28. The molecule has 1 rings (SSSR count). The molecule has 6 N–H and O–H groups in total. The minimum atomic E-state index is -1.89. The number of halogens is 1. The maximum atomic E-state index is 13.1. The van der Waals surface area contributed by atoms with Gasteiger partial charge in [0.2, 0.25) is 5.91 Å². The normalized spacial score (nSPS) is 10.6. The molecule has 0 fully saturated rings. The number of hydrogen-bond acceptors (Lipinski definition) is 6. The number of carbonyl (C=O) groups excluding carboxylic acids is 1. The van der Waals surface area contributed by atoms with Crippen LogP contribution in [0.2, 0.25) is 0 Å². The molecule has 0 aliphatic carbocycles. The van der Waals surface area contributed by atoms with Crippen LogP contribution in [0.5, 0.6) is 0 Å². The predicted octanol–water partition coefficient (Wildman–Crippen LogP) is 0.965. The molecule has 0 saturated carbocycles. The fourth-order valence-electron chi connectivity index (χ4n) is 1.14. The number of benzene rings is 1. The molecule has 130 valence electrons. The lowest BCUT2D eigenvalue weighted by atomic mass is 10.2. The van der Waals surface area contributed by atoms with Gasteiger partial charge < -0.3 is 30.8 Å². The average Bonchev–Trinajstić information content (AvgIpc) is 2.47. The summed E-state index contributed by atoms with van der Waals surface area (Å²) in [5.41, 5.74) is -0.181. The summed E-state index contributed by atoms with van der Waals surface area (Å²) in [7, 11) is 0. The predicted molar refractivity (Wildman–Crippen MR) is 75.2 cm³/mol. The number of amides is 1. The van der Waals surface area contributed by atoms with Gasteiger partial charge in [0, 0.05) is 6.92 Å². The van der Waals surface area contributed by atoms with Gasteiger partial charge in [-0.1, -0.05) is 0 Å². The van der Waals surface area contributed by atoms with Crippen molar-refractivity contribution in [1.82, 2.24) is 0 Å². The monoisotopic (exact) mass is 345 g/mol. The number of aliphatic hydroxyl groups excluding tert-OH is 2. The van der Waals surface area contributed by atoms with Crippen LogP contribution in [0.3, 0.4) is 0 Å². The Morgan fingerprint density at radius 2 is 1.38 bits per heavy atom. The quantitative estimate of drug-likeness (QED) is 0.342. The lowest BCUT2D eigenvalue weighted by Crippen LogP contribution is -2.10. The smallest absolute Gasteiger partial charge is 0.375 e. The van der Waals surface area contributed by atoms with Crippen LogP contribution in [-0.2, 0) is 14.4 Å². The van der Waals surface area contributed by atoms with Crippen molar-refractivity contribution >= 4 is 29.5 Å². The highest BCUT2D eigenvalue weighted by Crippen LogP contribution is 2.15. The van der Waals surface area contributed by atoms with Crippen LogP contribution in [0.4, 0.5) is 10.1 Å². The van der Waals surface area contributed by atoms with Gasteiger partial charge in [0.05, 0.1) is 11.3 Å². The van der Waals surface area contributed by atoms with Crippen molar-refractivity contribution in [2.45, 2.75) is 6.92 Å². The molecule has 0 saturated heterocycles. The molecule has 0 aliphatic heterocycles. The summed E-state index contributed by atoms with van der Waals surface area (Å²) in [4.78, 5) is 40.5. The molecule has 0 aromatic heterocycles. The van der Waals surface area contributed by atoms with Crippen LogP contribution >= 0.6 is 0 Å². The zero-order chi connectivity index (χ0) is 19.0. The van der Waals surface area contributed by atoms with E-state index in [1.165, 1.54) is 19.1 Å². The Bertz CT molecular complexity index is 689. The molecule has 0 radical (unpaired) electrons. The van der Waals surface area contributed by atoms with Crippen molar-refractivity contribution in [3.63, 3.8) is 0 Å². The molecular formula is C13H12FNO9. The van der Waals surface area contributed by atoms with E-state index in [1.54, 1.807) is 0 Å². The number of aliphatic carboxylic acids is 2. The highest BCUT2D eigenvalue weighted by atomic mass is 19.1. The number of carboxylic acid groups (broad SMARTS) is 3. The fourth-order valence-corrected chi connectivity index (χ4v) is 1.14. The zero-order valence-corrected chi connectivity index (χ0v) is 12.0. The number of rotatable bonds is 4.